The molecule has 1 rings (SSSR count). The molecule has 0 aliphatic heterocycles. The van der Waals surface area contributed by atoms with Crippen molar-refractivity contribution in [2.75, 3.05) is 12.9 Å². The van der Waals surface area contributed by atoms with Crippen LogP contribution >= 0.6 is 11.8 Å². The van der Waals surface area contributed by atoms with E-state index in [0.717, 1.165) is 5.56 Å². The third-order valence-electron chi connectivity index (χ3n) is 3.53. The SMILES string of the molecule is COc1ccc(C(C)=O)cc1CSCC(=O)O[C@@H](C(=O)NC(N)=O)C(C)C. The maximum Gasteiger partial charge on any atom is 0.318 e. The Morgan fingerprint density at radius 3 is 2.41 bits per heavy atom. The van der Waals surface area contributed by atoms with Crippen molar-refractivity contribution in [3.05, 3.63) is 29.3 Å². The number of benzene rings is 1. The molecule has 0 radical (unpaired) electrons. The van der Waals surface area contributed by atoms with Gasteiger partial charge in [0.2, 0.25) is 0 Å². The number of carbonyl (C=O) groups excluding carboxylic acids is 4. The number of ether oxygens (including phenoxy) is 2. The molecule has 1 aromatic carbocycles. The summed E-state index contributed by atoms with van der Waals surface area (Å²) in [6.07, 6.45) is -1.11. The minimum atomic E-state index is -1.11. The van der Waals surface area contributed by atoms with Gasteiger partial charge in [-0.3, -0.25) is 19.7 Å². The van der Waals surface area contributed by atoms with E-state index in [2.05, 4.69) is 0 Å². The summed E-state index contributed by atoms with van der Waals surface area (Å²) in [5, 5.41) is 1.91. The van der Waals surface area contributed by atoms with Gasteiger partial charge in [0.05, 0.1) is 12.9 Å². The Bertz CT molecular complexity index is 720. The average molecular weight is 396 g/mol. The minimum Gasteiger partial charge on any atom is -0.496 e. The summed E-state index contributed by atoms with van der Waals surface area (Å²) in [7, 11) is 1.52. The molecular weight excluding hydrogens is 372 g/mol. The number of rotatable bonds is 9. The molecule has 0 fully saturated rings. The highest BCUT2D eigenvalue weighted by molar-refractivity contribution is 7.99. The van der Waals surface area contributed by atoms with Crippen LogP contribution in [0.1, 0.15) is 36.7 Å². The summed E-state index contributed by atoms with van der Waals surface area (Å²) in [5.74, 6) is -0.734. The second-order valence-corrected chi connectivity index (χ2v) is 7.07. The number of ketones is 1. The molecule has 0 bridgehead atoms. The van der Waals surface area contributed by atoms with Crippen molar-refractivity contribution in [2.45, 2.75) is 32.6 Å². The predicted molar refractivity (Wildman–Crippen MR) is 102 cm³/mol. The molecule has 0 saturated carbocycles. The van der Waals surface area contributed by atoms with Crippen LogP contribution in [0.5, 0.6) is 5.75 Å². The van der Waals surface area contributed by atoms with Gasteiger partial charge in [-0.2, -0.15) is 0 Å². The van der Waals surface area contributed by atoms with Gasteiger partial charge < -0.3 is 15.2 Å². The molecule has 0 saturated heterocycles. The van der Waals surface area contributed by atoms with Crippen LogP contribution in [0, 0.1) is 5.92 Å². The first-order valence-corrected chi connectivity index (χ1v) is 9.36. The summed E-state index contributed by atoms with van der Waals surface area (Å²) in [6, 6.07) is 4.09. The number of methoxy groups -OCH3 is 1. The standard InChI is InChI=1S/C18H24N2O6S/c1-10(2)16(17(23)20-18(19)24)26-15(22)9-27-8-13-7-12(11(3)21)5-6-14(13)25-4/h5-7,10,16H,8-9H2,1-4H3,(H3,19,20,23,24)/t16-/m1/s1. The van der Waals surface area contributed by atoms with Crippen molar-refractivity contribution in [2.24, 2.45) is 11.7 Å². The van der Waals surface area contributed by atoms with E-state index >= 15 is 0 Å². The number of primary amides is 1. The van der Waals surface area contributed by atoms with Crippen LogP contribution in [0.3, 0.4) is 0 Å². The zero-order valence-corrected chi connectivity index (χ0v) is 16.6. The number of amides is 3. The number of imide groups is 1. The third kappa shape index (κ3) is 7.30. The minimum absolute atomic E-state index is 0.0134. The Hall–Kier alpha value is -2.55. The van der Waals surface area contributed by atoms with Crippen LogP contribution in [0.4, 0.5) is 4.79 Å². The maximum absolute atomic E-state index is 12.0. The van der Waals surface area contributed by atoms with Gasteiger partial charge >= 0.3 is 12.0 Å². The van der Waals surface area contributed by atoms with E-state index in [1.165, 1.54) is 25.8 Å². The quantitative estimate of drug-likeness (QED) is 0.482. The second kappa shape index (κ2) is 10.6. The topological polar surface area (TPSA) is 125 Å². The number of carbonyl (C=O) groups is 4. The monoisotopic (exact) mass is 396 g/mol. The number of nitrogens with one attached hydrogen (secondary N) is 1. The number of esters is 1. The van der Waals surface area contributed by atoms with E-state index in [1.807, 2.05) is 5.32 Å². The molecule has 3 amide bonds. The van der Waals surface area contributed by atoms with Crippen LogP contribution in [0.25, 0.3) is 0 Å². The molecule has 3 N–H and O–H groups in total. The van der Waals surface area contributed by atoms with Crippen LogP contribution in [-0.2, 0) is 20.1 Å². The Morgan fingerprint density at radius 1 is 1.22 bits per heavy atom. The van der Waals surface area contributed by atoms with Gasteiger partial charge in [0.25, 0.3) is 5.91 Å². The van der Waals surface area contributed by atoms with E-state index in [9.17, 15) is 19.2 Å². The molecule has 0 aliphatic rings. The predicted octanol–water partition coefficient (Wildman–Crippen LogP) is 1.89. The first-order chi connectivity index (χ1) is 12.6. The highest BCUT2D eigenvalue weighted by atomic mass is 32.2. The molecule has 0 unspecified atom stereocenters. The number of hydrogen-bond donors (Lipinski definition) is 2. The molecule has 1 atom stereocenters. The highest BCUT2D eigenvalue weighted by Crippen LogP contribution is 2.25. The number of Topliss-reactive ketones (excluding diaryl/α,β-unsaturated/α-hetero) is 1. The summed E-state index contributed by atoms with van der Waals surface area (Å²) in [4.78, 5) is 46.2. The van der Waals surface area contributed by atoms with Crippen LogP contribution in [0.2, 0.25) is 0 Å². The number of urea groups is 1. The Balaban J connectivity index is 2.66. The Labute approximate surface area is 162 Å². The lowest BCUT2D eigenvalue weighted by atomic mass is 10.1. The first kappa shape index (κ1) is 22.5. The zero-order valence-electron chi connectivity index (χ0n) is 15.7. The smallest absolute Gasteiger partial charge is 0.318 e. The van der Waals surface area contributed by atoms with Crippen LogP contribution in [0.15, 0.2) is 18.2 Å². The fourth-order valence-corrected chi connectivity index (χ4v) is 3.00. The van der Waals surface area contributed by atoms with Crippen molar-refractivity contribution in [3.63, 3.8) is 0 Å². The molecule has 9 heteroatoms. The molecule has 0 spiro atoms. The lowest BCUT2D eigenvalue weighted by Crippen LogP contribution is -2.45. The molecule has 0 aromatic heterocycles. The second-order valence-electron chi connectivity index (χ2n) is 6.08. The van der Waals surface area contributed by atoms with Gasteiger partial charge in [-0.05, 0) is 31.0 Å². The van der Waals surface area contributed by atoms with Crippen LogP contribution in [-0.4, -0.2) is 42.7 Å². The summed E-state index contributed by atoms with van der Waals surface area (Å²) in [6.45, 7) is 4.84. The third-order valence-corrected chi connectivity index (χ3v) is 4.49. The van der Waals surface area contributed by atoms with E-state index in [1.54, 1.807) is 32.0 Å². The van der Waals surface area contributed by atoms with E-state index in [-0.39, 0.29) is 17.5 Å². The van der Waals surface area contributed by atoms with Gasteiger partial charge in [-0.25, -0.2) is 4.79 Å². The number of hydrogen-bond acceptors (Lipinski definition) is 7. The largest absolute Gasteiger partial charge is 0.496 e. The van der Waals surface area contributed by atoms with Crippen molar-refractivity contribution in [1.29, 1.82) is 0 Å². The molecule has 1 aromatic rings. The van der Waals surface area contributed by atoms with Crippen molar-refractivity contribution >= 4 is 35.5 Å². The fourth-order valence-electron chi connectivity index (χ4n) is 2.22. The summed E-state index contributed by atoms with van der Waals surface area (Å²) in [5.41, 5.74) is 6.24. The normalized spacial score (nSPS) is 11.6. The molecular formula is C18H24N2O6S. The van der Waals surface area contributed by atoms with Gasteiger partial charge in [0, 0.05) is 16.9 Å². The fraction of sp³-hybridized carbons (Fsp3) is 0.444. The summed E-state index contributed by atoms with van der Waals surface area (Å²) >= 11 is 1.25. The number of nitrogens with two attached hydrogens (primary N) is 1. The van der Waals surface area contributed by atoms with E-state index in [0.29, 0.717) is 17.1 Å². The van der Waals surface area contributed by atoms with Crippen molar-refractivity contribution < 1.29 is 28.7 Å². The molecule has 0 aliphatic carbocycles. The number of thioether (sulfide) groups is 1. The molecule has 8 nitrogen and oxygen atoms in total. The van der Waals surface area contributed by atoms with Crippen molar-refractivity contribution in [3.8, 4) is 5.75 Å². The van der Waals surface area contributed by atoms with E-state index in [4.69, 9.17) is 15.2 Å². The first-order valence-electron chi connectivity index (χ1n) is 8.21. The summed E-state index contributed by atoms with van der Waals surface area (Å²) < 4.78 is 10.4. The Kier molecular flexibility index (Phi) is 8.80. The maximum atomic E-state index is 12.0. The van der Waals surface area contributed by atoms with Gasteiger partial charge in [0.1, 0.15) is 5.75 Å². The van der Waals surface area contributed by atoms with Crippen LogP contribution < -0.4 is 15.8 Å². The zero-order chi connectivity index (χ0) is 20.6. The lowest BCUT2D eigenvalue weighted by Gasteiger charge is -2.19. The molecule has 27 heavy (non-hydrogen) atoms. The van der Waals surface area contributed by atoms with Gasteiger partial charge in [0.15, 0.2) is 11.9 Å². The molecule has 148 valence electrons. The Morgan fingerprint density at radius 2 is 1.89 bits per heavy atom. The highest BCUT2D eigenvalue weighted by Gasteiger charge is 2.27. The van der Waals surface area contributed by atoms with Gasteiger partial charge in [-0.15, -0.1) is 11.8 Å². The van der Waals surface area contributed by atoms with E-state index < -0.39 is 24.0 Å². The average Bonchev–Trinajstić information content (AvgIpc) is 2.58. The van der Waals surface area contributed by atoms with Gasteiger partial charge in [-0.1, -0.05) is 13.8 Å². The lowest BCUT2D eigenvalue weighted by molar-refractivity contribution is -0.155. The molecule has 0 heterocycles. The van der Waals surface area contributed by atoms with Crippen molar-refractivity contribution in [1.82, 2.24) is 5.32 Å².